The van der Waals surface area contributed by atoms with Gasteiger partial charge in [-0.15, -0.1) is 0 Å². The van der Waals surface area contributed by atoms with E-state index in [9.17, 15) is 14.0 Å². The van der Waals surface area contributed by atoms with Crippen molar-refractivity contribution < 1.29 is 23.1 Å². The predicted molar refractivity (Wildman–Crippen MR) is 133 cm³/mol. The second-order valence-corrected chi connectivity index (χ2v) is 8.79. The van der Waals surface area contributed by atoms with E-state index in [0.717, 1.165) is 39.0 Å². The van der Waals surface area contributed by atoms with Gasteiger partial charge in [-0.1, -0.05) is 24.3 Å². The van der Waals surface area contributed by atoms with E-state index in [2.05, 4.69) is 17.3 Å². The van der Waals surface area contributed by atoms with E-state index in [1.165, 1.54) is 18.2 Å². The maximum absolute atomic E-state index is 14.2. The van der Waals surface area contributed by atoms with Gasteiger partial charge in [-0.25, -0.2) is 4.39 Å². The highest BCUT2D eigenvalue weighted by Gasteiger charge is 2.31. The van der Waals surface area contributed by atoms with Crippen LogP contribution >= 0.6 is 0 Å². The maximum atomic E-state index is 14.2. The molecule has 1 aromatic heterocycles. The molecule has 0 radical (unpaired) electrons. The Kier molecular flexibility index (Phi) is 8.15. The van der Waals surface area contributed by atoms with Crippen molar-refractivity contribution in [3.63, 3.8) is 0 Å². The third-order valence-corrected chi connectivity index (χ3v) is 6.53. The molecule has 0 bridgehead atoms. The van der Waals surface area contributed by atoms with Crippen LogP contribution in [-0.2, 0) is 4.74 Å². The number of hydrogen-bond donors (Lipinski definition) is 1. The quantitative estimate of drug-likeness (QED) is 0.445. The molecule has 4 rings (SSSR count). The van der Waals surface area contributed by atoms with Crippen LogP contribution in [0.2, 0.25) is 0 Å². The average molecular weight is 482 g/mol. The number of hydrogen-bond acceptors (Lipinski definition) is 5. The Morgan fingerprint density at radius 1 is 1.14 bits per heavy atom. The molecule has 1 N–H and O–H groups in total. The summed E-state index contributed by atoms with van der Waals surface area (Å²) in [6, 6.07) is 13.3. The Labute approximate surface area is 204 Å². The molecule has 8 heteroatoms. The highest BCUT2D eigenvalue weighted by atomic mass is 19.1. The normalized spacial score (nSPS) is 14.6. The summed E-state index contributed by atoms with van der Waals surface area (Å²) in [4.78, 5) is 30.4. The zero-order chi connectivity index (χ0) is 24.8. The summed E-state index contributed by atoms with van der Waals surface area (Å²) < 4.78 is 25.5. The number of anilines is 1. The molecule has 35 heavy (non-hydrogen) atoms. The molecule has 1 fully saturated rings. The molecule has 2 heterocycles. The van der Waals surface area contributed by atoms with Crippen LogP contribution < -0.4 is 5.32 Å². The third-order valence-electron chi connectivity index (χ3n) is 6.53. The van der Waals surface area contributed by atoms with E-state index in [4.69, 9.17) is 9.15 Å². The first kappa shape index (κ1) is 24.9. The number of halogens is 1. The molecule has 1 aliphatic rings. The number of benzene rings is 2. The van der Waals surface area contributed by atoms with Crippen LogP contribution in [0.15, 0.2) is 52.9 Å². The van der Waals surface area contributed by atoms with Gasteiger partial charge < -0.3 is 24.3 Å². The number of amides is 2. The summed E-state index contributed by atoms with van der Waals surface area (Å²) in [6.07, 6.45) is 2.69. The number of piperidine rings is 1. The summed E-state index contributed by atoms with van der Waals surface area (Å²) in [5.74, 6) is -1.46. The zero-order valence-corrected chi connectivity index (χ0v) is 20.3. The van der Waals surface area contributed by atoms with Crippen LogP contribution in [0.25, 0.3) is 11.0 Å². The largest absolute Gasteiger partial charge is 0.449 e. The second kappa shape index (κ2) is 11.5. The average Bonchev–Trinajstić information content (AvgIpc) is 3.24. The fourth-order valence-corrected chi connectivity index (χ4v) is 4.54. The first-order valence-electron chi connectivity index (χ1n) is 12.1. The minimum Gasteiger partial charge on any atom is -0.449 e. The highest BCUT2D eigenvalue weighted by molar-refractivity contribution is 6.14. The lowest BCUT2D eigenvalue weighted by Crippen LogP contribution is -2.46. The SMILES string of the molecule is CCOCCCN(C)C1CCN(C(=O)c2oc3ccccc3c2NC(=O)c2ccccc2F)CC1. The van der Waals surface area contributed by atoms with Gasteiger partial charge in [-0.05, 0) is 57.5 Å². The van der Waals surface area contributed by atoms with Crippen molar-refractivity contribution in [2.45, 2.75) is 32.2 Å². The van der Waals surface area contributed by atoms with Gasteiger partial charge >= 0.3 is 0 Å². The zero-order valence-electron chi connectivity index (χ0n) is 20.3. The standard InChI is InChI=1S/C27H32FN3O4/c1-3-34-18-8-15-30(2)19-13-16-31(17-14-19)27(33)25-24(21-10-5-7-12-23(21)35-25)29-26(32)20-9-4-6-11-22(20)28/h4-7,9-12,19H,3,8,13-18H2,1-2H3,(H,29,32). The van der Waals surface area contributed by atoms with E-state index in [1.54, 1.807) is 35.2 Å². The summed E-state index contributed by atoms with van der Waals surface area (Å²) >= 11 is 0. The van der Waals surface area contributed by atoms with Gasteiger partial charge in [-0.2, -0.15) is 0 Å². The molecule has 2 amide bonds. The van der Waals surface area contributed by atoms with Gasteiger partial charge in [0.1, 0.15) is 17.1 Å². The number of nitrogens with zero attached hydrogens (tertiary/aromatic N) is 2. The Morgan fingerprint density at radius 2 is 1.86 bits per heavy atom. The van der Waals surface area contributed by atoms with Gasteiger partial charge in [0.15, 0.2) is 0 Å². The second-order valence-electron chi connectivity index (χ2n) is 8.79. The molecular formula is C27H32FN3O4. The van der Waals surface area contributed by atoms with Crippen molar-refractivity contribution in [1.29, 1.82) is 0 Å². The predicted octanol–water partition coefficient (Wildman–Crippen LogP) is 4.79. The van der Waals surface area contributed by atoms with Gasteiger partial charge in [0.25, 0.3) is 11.8 Å². The van der Waals surface area contributed by atoms with Crippen LogP contribution in [-0.4, -0.2) is 67.6 Å². The minimum absolute atomic E-state index is 0.0689. The van der Waals surface area contributed by atoms with Crippen molar-refractivity contribution in [3.8, 4) is 0 Å². The number of furan rings is 1. The third kappa shape index (κ3) is 5.71. The van der Waals surface area contributed by atoms with Crippen molar-refractivity contribution >= 4 is 28.5 Å². The molecule has 1 aliphatic heterocycles. The molecule has 7 nitrogen and oxygen atoms in total. The Bertz CT molecular complexity index is 1170. The molecule has 0 saturated carbocycles. The number of fused-ring (bicyclic) bond motifs is 1. The molecule has 0 spiro atoms. The Morgan fingerprint density at radius 3 is 2.60 bits per heavy atom. The topological polar surface area (TPSA) is 75.0 Å². The minimum atomic E-state index is -0.629. The molecular weight excluding hydrogens is 449 g/mol. The summed E-state index contributed by atoms with van der Waals surface area (Å²) in [5.41, 5.74) is 0.669. The van der Waals surface area contributed by atoms with Crippen LogP contribution in [0.3, 0.4) is 0 Å². The number of rotatable bonds is 9. The van der Waals surface area contributed by atoms with Gasteiger partial charge in [0.2, 0.25) is 5.76 Å². The lowest BCUT2D eigenvalue weighted by atomic mass is 10.0. The lowest BCUT2D eigenvalue weighted by Gasteiger charge is -2.36. The molecule has 0 atom stereocenters. The van der Waals surface area contributed by atoms with Gasteiger partial charge in [-0.3, -0.25) is 9.59 Å². The van der Waals surface area contributed by atoms with Crippen LogP contribution in [0.5, 0.6) is 0 Å². The first-order valence-corrected chi connectivity index (χ1v) is 12.1. The van der Waals surface area contributed by atoms with E-state index in [1.807, 2.05) is 6.92 Å². The number of para-hydroxylation sites is 1. The van der Waals surface area contributed by atoms with Crippen molar-refractivity contribution in [1.82, 2.24) is 9.80 Å². The molecule has 0 unspecified atom stereocenters. The fourth-order valence-electron chi connectivity index (χ4n) is 4.54. The van der Waals surface area contributed by atoms with Crippen molar-refractivity contribution in [2.75, 3.05) is 45.2 Å². The summed E-state index contributed by atoms with van der Waals surface area (Å²) in [6.45, 7) is 5.62. The number of carbonyl (C=O) groups excluding carboxylic acids is 2. The van der Waals surface area contributed by atoms with Crippen LogP contribution in [0, 0.1) is 5.82 Å². The first-order chi connectivity index (χ1) is 17.0. The van der Waals surface area contributed by atoms with E-state index in [-0.39, 0.29) is 22.9 Å². The number of carbonyl (C=O) groups is 2. The number of ether oxygens (including phenoxy) is 1. The number of likely N-dealkylation sites (tertiary alicyclic amines) is 1. The van der Waals surface area contributed by atoms with E-state index in [0.29, 0.717) is 30.1 Å². The van der Waals surface area contributed by atoms with Crippen molar-refractivity contribution in [2.24, 2.45) is 0 Å². The highest BCUT2D eigenvalue weighted by Crippen LogP contribution is 2.33. The fraction of sp³-hybridized carbons (Fsp3) is 0.407. The van der Waals surface area contributed by atoms with Gasteiger partial charge in [0.05, 0.1) is 5.56 Å². The molecule has 186 valence electrons. The molecule has 3 aromatic rings. The van der Waals surface area contributed by atoms with Crippen LogP contribution in [0.4, 0.5) is 10.1 Å². The monoisotopic (exact) mass is 481 g/mol. The maximum Gasteiger partial charge on any atom is 0.291 e. The van der Waals surface area contributed by atoms with Gasteiger partial charge in [0, 0.05) is 44.3 Å². The molecule has 1 saturated heterocycles. The van der Waals surface area contributed by atoms with Crippen molar-refractivity contribution in [3.05, 3.63) is 65.7 Å². The molecule has 0 aliphatic carbocycles. The summed E-state index contributed by atoms with van der Waals surface area (Å²) in [7, 11) is 2.11. The van der Waals surface area contributed by atoms with Crippen LogP contribution in [0.1, 0.15) is 47.1 Å². The lowest BCUT2D eigenvalue weighted by molar-refractivity contribution is 0.0606. The molecule has 2 aromatic carbocycles. The smallest absolute Gasteiger partial charge is 0.291 e. The Hall–Kier alpha value is -3.23. The number of nitrogens with one attached hydrogen (secondary N) is 1. The summed E-state index contributed by atoms with van der Waals surface area (Å²) in [5, 5.41) is 3.33. The van der Waals surface area contributed by atoms with E-state index >= 15 is 0 Å². The Balaban J connectivity index is 1.48. The van der Waals surface area contributed by atoms with E-state index < -0.39 is 11.7 Å².